The summed E-state index contributed by atoms with van der Waals surface area (Å²) in [6.07, 6.45) is 3.69. The maximum atomic E-state index is 10.2. The van der Waals surface area contributed by atoms with E-state index in [1.807, 2.05) is 7.05 Å². The highest BCUT2D eigenvalue weighted by molar-refractivity contribution is 5.64. The molecular weight excluding hydrogens is 168 g/mol. The van der Waals surface area contributed by atoms with Crippen LogP contribution in [0.25, 0.3) is 0 Å². The largest absolute Gasteiger partial charge is 0.465 e. The van der Waals surface area contributed by atoms with Crippen LogP contribution in [-0.4, -0.2) is 30.8 Å². The fourth-order valence-corrected chi connectivity index (χ4v) is 1.89. The lowest BCUT2D eigenvalue weighted by atomic mass is 9.86. The van der Waals surface area contributed by atoms with Gasteiger partial charge in [-0.2, -0.15) is 0 Å². The summed E-state index contributed by atoms with van der Waals surface area (Å²) in [5.41, 5.74) is 0. The van der Waals surface area contributed by atoms with E-state index in [0.717, 1.165) is 12.8 Å². The van der Waals surface area contributed by atoms with E-state index in [-0.39, 0.29) is 0 Å². The summed E-state index contributed by atoms with van der Waals surface area (Å²) in [6, 6.07) is 0.640. The van der Waals surface area contributed by atoms with E-state index in [1.165, 1.54) is 12.8 Å². The second-order valence-corrected chi connectivity index (χ2v) is 3.69. The van der Waals surface area contributed by atoms with Gasteiger partial charge >= 0.3 is 6.09 Å². The first kappa shape index (κ1) is 10.3. The average molecular weight is 186 g/mol. The highest BCUT2D eigenvalue weighted by Crippen LogP contribution is 2.23. The Kier molecular flexibility index (Phi) is 4.02. The lowest BCUT2D eigenvalue weighted by Crippen LogP contribution is -2.35. The molecule has 0 saturated heterocycles. The predicted molar refractivity (Wildman–Crippen MR) is 50.8 cm³/mol. The molecule has 76 valence electrons. The Morgan fingerprint density at radius 2 is 2.00 bits per heavy atom. The zero-order valence-electron chi connectivity index (χ0n) is 8.05. The van der Waals surface area contributed by atoms with Gasteiger partial charge in [-0.3, -0.25) is 0 Å². The molecule has 0 atom stereocenters. The second-order valence-electron chi connectivity index (χ2n) is 3.69. The fourth-order valence-electron chi connectivity index (χ4n) is 1.89. The van der Waals surface area contributed by atoms with Gasteiger partial charge in [0.1, 0.15) is 0 Å². The molecule has 0 spiro atoms. The first-order valence-corrected chi connectivity index (χ1v) is 4.86. The molecule has 1 fully saturated rings. The van der Waals surface area contributed by atoms with Crippen molar-refractivity contribution in [3.8, 4) is 0 Å². The zero-order chi connectivity index (χ0) is 9.68. The van der Waals surface area contributed by atoms with Crippen molar-refractivity contribution in [2.75, 3.05) is 13.6 Å². The van der Waals surface area contributed by atoms with Crippen molar-refractivity contribution >= 4 is 6.09 Å². The molecule has 0 radical (unpaired) electrons. The summed E-state index contributed by atoms with van der Waals surface area (Å²) >= 11 is 0. The van der Waals surface area contributed by atoms with Crippen molar-refractivity contribution in [2.24, 2.45) is 5.92 Å². The van der Waals surface area contributed by atoms with Crippen molar-refractivity contribution in [1.82, 2.24) is 10.6 Å². The van der Waals surface area contributed by atoms with E-state index >= 15 is 0 Å². The number of hydrogen-bond donors (Lipinski definition) is 3. The Hall–Kier alpha value is -0.770. The van der Waals surface area contributed by atoms with E-state index in [1.54, 1.807) is 0 Å². The molecule has 3 N–H and O–H groups in total. The predicted octanol–water partition coefficient (Wildman–Crippen LogP) is 1.03. The molecule has 13 heavy (non-hydrogen) atoms. The molecule has 1 aliphatic rings. The molecule has 0 aromatic rings. The van der Waals surface area contributed by atoms with Gasteiger partial charge in [-0.1, -0.05) is 0 Å². The lowest BCUT2D eigenvalue weighted by molar-refractivity contribution is 0.189. The normalized spacial score (nSPS) is 28.4. The van der Waals surface area contributed by atoms with Crippen LogP contribution in [0.5, 0.6) is 0 Å². The van der Waals surface area contributed by atoms with Gasteiger partial charge in [-0.25, -0.2) is 4.79 Å². The number of amides is 1. The second kappa shape index (κ2) is 5.07. The summed E-state index contributed by atoms with van der Waals surface area (Å²) in [6.45, 7) is 0.617. The number of rotatable bonds is 3. The van der Waals surface area contributed by atoms with Crippen LogP contribution in [0.2, 0.25) is 0 Å². The monoisotopic (exact) mass is 186 g/mol. The molecule has 1 aliphatic carbocycles. The van der Waals surface area contributed by atoms with Crippen LogP contribution in [-0.2, 0) is 0 Å². The maximum absolute atomic E-state index is 10.2. The molecule has 0 aromatic carbocycles. The molecule has 0 unspecified atom stereocenters. The Balaban J connectivity index is 2.14. The summed E-state index contributed by atoms with van der Waals surface area (Å²) in [5.74, 6) is 0.542. The molecule has 1 rings (SSSR count). The Bertz CT molecular complexity index is 165. The van der Waals surface area contributed by atoms with Gasteiger partial charge in [-0.05, 0) is 38.6 Å². The van der Waals surface area contributed by atoms with Crippen LogP contribution in [0.15, 0.2) is 0 Å². The van der Waals surface area contributed by atoms with Gasteiger partial charge < -0.3 is 15.7 Å². The molecule has 1 amide bonds. The van der Waals surface area contributed by atoms with Gasteiger partial charge in [-0.15, -0.1) is 0 Å². The Morgan fingerprint density at radius 3 is 2.46 bits per heavy atom. The molecule has 0 heterocycles. The smallest absolute Gasteiger partial charge is 0.404 e. The summed E-state index contributed by atoms with van der Waals surface area (Å²) in [4.78, 5) is 10.2. The highest BCUT2D eigenvalue weighted by atomic mass is 16.4. The van der Waals surface area contributed by atoms with E-state index in [0.29, 0.717) is 18.5 Å². The van der Waals surface area contributed by atoms with Gasteiger partial charge in [0.25, 0.3) is 0 Å². The highest BCUT2D eigenvalue weighted by Gasteiger charge is 2.19. The van der Waals surface area contributed by atoms with Crippen molar-refractivity contribution < 1.29 is 9.90 Å². The quantitative estimate of drug-likeness (QED) is 0.617. The van der Waals surface area contributed by atoms with Crippen LogP contribution in [0.1, 0.15) is 25.7 Å². The Morgan fingerprint density at radius 1 is 1.38 bits per heavy atom. The standard InChI is InChI=1S/C9H18N2O2/c1-10-8-4-2-7(3-5-8)6-11-9(12)13/h7-8,10-11H,2-6H2,1H3,(H,12,13). The van der Waals surface area contributed by atoms with Crippen molar-refractivity contribution in [1.29, 1.82) is 0 Å². The van der Waals surface area contributed by atoms with Gasteiger partial charge in [0.15, 0.2) is 0 Å². The zero-order valence-corrected chi connectivity index (χ0v) is 8.05. The summed E-state index contributed by atoms with van der Waals surface area (Å²) < 4.78 is 0. The molecular formula is C9H18N2O2. The number of nitrogens with one attached hydrogen (secondary N) is 2. The summed E-state index contributed by atoms with van der Waals surface area (Å²) in [5, 5.41) is 14.1. The first-order chi connectivity index (χ1) is 6.22. The number of hydrogen-bond acceptors (Lipinski definition) is 2. The lowest BCUT2D eigenvalue weighted by Gasteiger charge is -2.27. The molecule has 4 nitrogen and oxygen atoms in total. The van der Waals surface area contributed by atoms with E-state index in [4.69, 9.17) is 5.11 Å². The van der Waals surface area contributed by atoms with Crippen LogP contribution in [0, 0.1) is 5.92 Å². The minimum Gasteiger partial charge on any atom is -0.465 e. The minimum absolute atomic E-state index is 0.542. The van der Waals surface area contributed by atoms with E-state index in [2.05, 4.69) is 10.6 Å². The first-order valence-electron chi connectivity index (χ1n) is 4.86. The molecule has 4 heteroatoms. The third kappa shape index (κ3) is 3.63. The van der Waals surface area contributed by atoms with Gasteiger partial charge in [0, 0.05) is 12.6 Å². The van der Waals surface area contributed by atoms with Gasteiger partial charge in [0.2, 0.25) is 0 Å². The third-order valence-corrected chi connectivity index (χ3v) is 2.80. The average Bonchev–Trinajstić information content (AvgIpc) is 2.15. The van der Waals surface area contributed by atoms with Gasteiger partial charge in [0.05, 0.1) is 0 Å². The molecule has 0 aromatic heterocycles. The maximum Gasteiger partial charge on any atom is 0.404 e. The summed E-state index contributed by atoms with van der Waals surface area (Å²) in [7, 11) is 1.99. The molecule has 0 bridgehead atoms. The van der Waals surface area contributed by atoms with Crippen molar-refractivity contribution in [2.45, 2.75) is 31.7 Å². The number of carboxylic acid groups (broad SMARTS) is 1. The van der Waals surface area contributed by atoms with Crippen molar-refractivity contribution in [3.05, 3.63) is 0 Å². The fraction of sp³-hybridized carbons (Fsp3) is 0.889. The van der Waals surface area contributed by atoms with Crippen LogP contribution >= 0.6 is 0 Å². The Labute approximate surface area is 78.7 Å². The molecule has 1 saturated carbocycles. The molecule has 0 aliphatic heterocycles. The minimum atomic E-state index is -0.907. The topological polar surface area (TPSA) is 61.4 Å². The van der Waals surface area contributed by atoms with Crippen molar-refractivity contribution in [3.63, 3.8) is 0 Å². The van der Waals surface area contributed by atoms with Crippen LogP contribution in [0.4, 0.5) is 4.79 Å². The number of carbonyl (C=O) groups is 1. The SMILES string of the molecule is CNC1CCC(CNC(=O)O)CC1. The van der Waals surface area contributed by atoms with E-state index < -0.39 is 6.09 Å². The van der Waals surface area contributed by atoms with Crippen LogP contribution < -0.4 is 10.6 Å². The third-order valence-electron chi connectivity index (χ3n) is 2.80. The van der Waals surface area contributed by atoms with Crippen LogP contribution in [0.3, 0.4) is 0 Å². The van der Waals surface area contributed by atoms with E-state index in [9.17, 15) is 4.79 Å².